The minimum absolute atomic E-state index is 0.0252. The fourth-order valence-corrected chi connectivity index (χ4v) is 6.00. The molecule has 1 spiro atoms. The van der Waals surface area contributed by atoms with Crippen molar-refractivity contribution < 1.29 is 9.13 Å². The van der Waals surface area contributed by atoms with E-state index in [2.05, 4.69) is 24.8 Å². The molecule has 1 aliphatic heterocycles. The van der Waals surface area contributed by atoms with Crippen molar-refractivity contribution in [2.75, 3.05) is 25.1 Å². The predicted octanol–water partition coefficient (Wildman–Crippen LogP) is 3.89. The first-order valence-electron chi connectivity index (χ1n) is 11.2. The van der Waals surface area contributed by atoms with Crippen molar-refractivity contribution in [1.29, 1.82) is 0 Å². The maximum absolute atomic E-state index is 13.8. The highest BCUT2D eigenvalue weighted by Crippen LogP contribution is 2.51. The summed E-state index contributed by atoms with van der Waals surface area (Å²) in [4.78, 5) is 24.5. The van der Waals surface area contributed by atoms with E-state index < -0.39 is 0 Å². The Bertz CT molecular complexity index is 1370. The van der Waals surface area contributed by atoms with Crippen molar-refractivity contribution in [2.45, 2.75) is 35.2 Å². The molecule has 1 atom stereocenters. The fourth-order valence-electron chi connectivity index (χ4n) is 5.17. The second-order valence-electron chi connectivity index (χ2n) is 8.92. The molecule has 0 amide bonds. The van der Waals surface area contributed by atoms with Crippen LogP contribution in [-0.2, 0) is 6.42 Å². The van der Waals surface area contributed by atoms with Gasteiger partial charge in [-0.05, 0) is 54.0 Å². The average molecular weight is 478 g/mol. The number of aromatic amines is 1. The second-order valence-corrected chi connectivity index (χ2v) is 9.98. The minimum Gasteiger partial charge on any atom is -0.494 e. The number of pyridine rings is 1. The molecule has 3 N–H and O–H groups in total. The molecule has 1 saturated heterocycles. The van der Waals surface area contributed by atoms with Gasteiger partial charge in [-0.1, -0.05) is 17.8 Å². The molecule has 1 aliphatic carbocycles. The van der Waals surface area contributed by atoms with Gasteiger partial charge in [0.1, 0.15) is 10.8 Å². The first kappa shape index (κ1) is 21.3. The third-order valence-electron chi connectivity index (χ3n) is 7.06. The van der Waals surface area contributed by atoms with Gasteiger partial charge in [-0.15, -0.1) is 0 Å². The zero-order valence-electron chi connectivity index (χ0n) is 18.7. The Morgan fingerprint density at radius 1 is 1.21 bits per heavy atom. The van der Waals surface area contributed by atoms with Gasteiger partial charge in [0.25, 0.3) is 0 Å². The van der Waals surface area contributed by atoms with E-state index >= 15 is 0 Å². The van der Waals surface area contributed by atoms with Crippen molar-refractivity contribution >= 4 is 29.0 Å². The number of halogens is 1. The molecule has 0 bridgehead atoms. The Balaban J connectivity index is 1.19. The lowest BCUT2D eigenvalue weighted by molar-refractivity contribution is 0.187. The second kappa shape index (κ2) is 8.21. The van der Waals surface area contributed by atoms with Gasteiger partial charge in [0.15, 0.2) is 17.0 Å². The number of hydrogen-bond donors (Lipinski definition) is 2. The number of H-pyrrole nitrogens is 1. The first-order chi connectivity index (χ1) is 16.5. The van der Waals surface area contributed by atoms with Gasteiger partial charge in [-0.25, -0.2) is 14.4 Å². The van der Waals surface area contributed by atoms with E-state index in [9.17, 15) is 4.39 Å². The normalized spacial score (nSPS) is 19.0. The lowest BCUT2D eigenvalue weighted by atomic mass is 9.73. The zero-order chi connectivity index (χ0) is 23.3. The highest BCUT2D eigenvalue weighted by atomic mass is 32.2. The SMILES string of the molecule is COc1cnccc1Sc1cnc2nc(N3CCC4(CC3)Cc3ccc(F)cc3[C@H]4N)[nH]c2n1. The van der Waals surface area contributed by atoms with Gasteiger partial charge in [0.05, 0.1) is 24.4 Å². The van der Waals surface area contributed by atoms with E-state index in [1.165, 1.54) is 23.4 Å². The largest absolute Gasteiger partial charge is 0.494 e. The number of aromatic nitrogens is 5. The standard InChI is InChI=1S/C24H24FN7OS/c1-33-17-12-27-7-4-18(17)34-19-13-28-21-22(29-19)31-23(30-21)32-8-5-24(6-9-32)11-14-2-3-15(25)10-16(14)20(24)26/h2-4,7,10,12-13,20H,5-6,8-9,11,26H2,1H3,(H,28,29,30,31)/t20-/m1/s1. The topological polar surface area (TPSA) is 106 Å². The van der Waals surface area contributed by atoms with Crippen molar-refractivity contribution in [3.05, 3.63) is 59.8 Å². The van der Waals surface area contributed by atoms with Gasteiger partial charge in [-0.2, -0.15) is 4.98 Å². The van der Waals surface area contributed by atoms with Crippen LogP contribution in [0, 0.1) is 11.2 Å². The highest BCUT2D eigenvalue weighted by molar-refractivity contribution is 7.99. The number of rotatable bonds is 4. The molecule has 4 heterocycles. The van der Waals surface area contributed by atoms with Crippen LogP contribution in [0.25, 0.3) is 11.3 Å². The zero-order valence-corrected chi connectivity index (χ0v) is 19.5. The number of methoxy groups -OCH3 is 1. The molecule has 3 aromatic heterocycles. The number of imidazole rings is 1. The Labute approximate surface area is 200 Å². The van der Waals surface area contributed by atoms with Crippen molar-refractivity contribution in [2.24, 2.45) is 11.1 Å². The molecule has 1 fully saturated rings. The molecule has 6 rings (SSSR count). The van der Waals surface area contributed by atoms with E-state index in [0.29, 0.717) is 17.0 Å². The summed E-state index contributed by atoms with van der Waals surface area (Å²) in [6, 6.07) is 6.78. The van der Waals surface area contributed by atoms with Crippen molar-refractivity contribution in [3.63, 3.8) is 0 Å². The van der Waals surface area contributed by atoms with E-state index in [1.807, 2.05) is 12.1 Å². The Morgan fingerprint density at radius 2 is 2.06 bits per heavy atom. The van der Waals surface area contributed by atoms with Gasteiger partial charge < -0.3 is 20.4 Å². The molecule has 174 valence electrons. The maximum atomic E-state index is 13.8. The number of nitrogens with two attached hydrogens (primary N) is 1. The average Bonchev–Trinajstić information content (AvgIpc) is 3.39. The predicted molar refractivity (Wildman–Crippen MR) is 128 cm³/mol. The van der Waals surface area contributed by atoms with Crippen LogP contribution in [0.3, 0.4) is 0 Å². The number of anilines is 1. The summed E-state index contributed by atoms with van der Waals surface area (Å²) in [5.74, 6) is 1.24. The number of hydrogen-bond acceptors (Lipinski definition) is 8. The third-order valence-corrected chi connectivity index (χ3v) is 8.02. The van der Waals surface area contributed by atoms with Gasteiger partial charge in [-0.3, -0.25) is 4.98 Å². The lowest BCUT2D eigenvalue weighted by Crippen LogP contribution is -2.44. The summed E-state index contributed by atoms with van der Waals surface area (Å²) >= 11 is 1.47. The molecule has 34 heavy (non-hydrogen) atoms. The lowest BCUT2D eigenvalue weighted by Gasteiger charge is -2.42. The van der Waals surface area contributed by atoms with Crippen molar-refractivity contribution in [3.8, 4) is 5.75 Å². The Morgan fingerprint density at radius 3 is 2.88 bits per heavy atom. The minimum atomic E-state index is -0.217. The van der Waals surface area contributed by atoms with Crippen LogP contribution in [0.1, 0.15) is 30.0 Å². The molecule has 10 heteroatoms. The van der Waals surface area contributed by atoms with Crippen LogP contribution < -0.4 is 15.4 Å². The van der Waals surface area contributed by atoms with Crippen LogP contribution in [0.5, 0.6) is 5.75 Å². The van der Waals surface area contributed by atoms with Crippen molar-refractivity contribution in [1.82, 2.24) is 24.9 Å². The molecule has 2 aliphatic rings. The van der Waals surface area contributed by atoms with E-state index in [1.54, 1.807) is 31.8 Å². The Hall–Kier alpha value is -3.24. The number of fused-ring (bicyclic) bond motifs is 2. The van der Waals surface area contributed by atoms with Crippen LogP contribution >= 0.6 is 11.8 Å². The Kier molecular flexibility index (Phi) is 5.14. The van der Waals surface area contributed by atoms with Crippen LogP contribution in [0.2, 0.25) is 0 Å². The number of piperidine rings is 1. The monoisotopic (exact) mass is 477 g/mol. The molecule has 0 saturated carbocycles. The smallest absolute Gasteiger partial charge is 0.206 e. The maximum Gasteiger partial charge on any atom is 0.206 e. The number of benzene rings is 1. The van der Waals surface area contributed by atoms with E-state index in [-0.39, 0.29) is 17.3 Å². The highest BCUT2D eigenvalue weighted by Gasteiger charge is 2.46. The van der Waals surface area contributed by atoms with Crippen LogP contribution in [0.4, 0.5) is 10.3 Å². The first-order valence-corrected chi connectivity index (χ1v) is 12.0. The third kappa shape index (κ3) is 3.57. The summed E-state index contributed by atoms with van der Waals surface area (Å²) < 4.78 is 19.1. The van der Waals surface area contributed by atoms with Gasteiger partial charge >= 0.3 is 0 Å². The van der Waals surface area contributed by atoms with Crippen LogP contribution in [0.15, 0.2) is 52.8 Å². The van der Waals surface area contributed by atoms with Gasteiger partial charge in [0, 0.05) is 25.3 Å². The summed E-state index contributed by atoms with van der Waals surface area (Å²) in [5, 5.41) is 0.742. The molecule has 8 nitrogen and oxygen atoms in total. The molecule has 4 aromatic rings. The fraction of sp³-hybridized carbons (Fsp3) is 0.333. The quantitative estimate of drug-likeness (QED) is 0.456. The number of ether oxygens (including phenoxy) is 1. The summed E-state index contributed by atoms with van der Waals surface area (Å²) in [6.07, 6.45) is 7.86. The number of nitrogens with zero attached hydrogens (tertiary/aromatic N) is 5. The molecular weight excluding hydrogens is 453 g/mol. The van der Waals surface area contributed by atoms with Gasteiger partial charge in [0.2, 0.25) is 5.95 Å². The summed E-state index contributed by atoms with van der Waals surface area (Å²) in [5.41, 5.74) is 9.97. The number of nitrogens with one attached hydrogen (secondary N) is 1. The molecule has 0 unspecified atom stereocenters. The van der Waals surface area contributed by atoms with Crippen LogP contribution in [-0.4, -0.2) is 45.1 Å². The van der Waals surface area contributed by atoms with E-state index in [0.717, 1.165) is 53.8 Å². The van der Waals surface area contributed by atoms with E-state index in [4.69, 9.17) is 15.5 Å². The molecular formula is C24H24FN7OS. The summed E-state index contributed by atoms with van der Waals surface area (Å²) in [6.45, 7) is 1.64. The summed E-state index contributed by atoms with van der Waals surface area (Å²) in [7, 11) is 1.62. The molecule has 0 radical (unpaired) electrons. The molecule has 1 aromatic carbocycles.